The zero-order valence-electron chi connectivity index (χ0n) is 6.66. The van der Waals surface area contributed by atoms with Gasteiger partial charge in [-0.2, -0.15) is 0 Å². The van der Waals surface area contributed by atoms with Gasteiger partial charge in [0.05, 0.1) is 4.83 Å². The molecule has 1 atom stereocenters. The Morgan fingerprint density at radius 1 is 1.50 bits per heavy atom. The van der Waals surface area contributed by atoms with Crippen molar-refractivity contribution in [2.24, 2.45) is 0 Å². The molecule has 0 aromatic heterocycles. The van der Waals surface area contributed by atoms with Crippen LogP contribution in [0.15, 0.2) is 29.2 Å². The van der Waals surface area contributed by atoms with Crippen LogP contribution in [-0.4, -0.2) is 12.5 Å². The standard InChI is InChI=1S/C9H9BrOS/c1-12-9-5-3-2-4-7(9)8(10)6-11/h2-6,8H,1H3. The average molecular weight is 245 g/mol. The lowest BCUT2D eigenvalue weighted by Crippen LogP contribution is -1.92. The summed E-state index contributed by atoms with van der Waals surface area (Å²) < 4.78 is 0. The fourth-order valence-electron chi connectivity index (χ4n) is 0.968. The maximum absolute atomic E-state index is 10.5. The van der Waals surface area contributed by atoms with Crippen LogP contribution < -0.4 is 0 Å². The van der Waals surface area contributed by atoms with E-state index in [0.29, 0.717) is 0 Å². The maximum atomic E-state index is 10.5. The molecule has 0 radical (unpaired) electrons. The normalized spacial score (nSPS) is 12.5. The SMILES string of the molecule is CSc1ccccc1C(Br)C=O. The van der Waals surface area contributed by atoms with Crippen LogP contribution in [0.5, 0.6) is 0 Å². The fraction of sp³-hybridized carbons (Fsp3) is 0.222. The molecule has 0 spiro atoms. The van der Waals surface area contributed by atoms with Crippen molar-refractivity contribution >= 4 is 34.0 Å². The molecule has 0 aliphatic carbocycles. The van der Waals surface area contributed by atoms with Gasteiger partial charge in [-0.25, -0.2) is 0 Å². The molecule has 0 aliphatic heterocycles. The lowest BCUT2D eigenvalue weighted by molar-refractivity contribution is -0.107. The van der Waals surface area contributed by atoms with E-state index in [-0.39, 0.29) is 4.83 Å². The number of benzene rings is 1. The summed E-state index contributed by atoms with van der Waals surface area (Å²) in [7, 11) is 0. The van der Waals surface area contributed by atoms with Gasteiger partial charge in [0.25, 0.3) is 0 Å². The largest absolute Gasteiger partial charge is 0.302 e. The molecule has 0 fully saturated rings. The maximum Gasteiger partial charge on any atom is 0.138 e. The zero-order valence-corrected chi connectivity index (χ0v) is 9.06. The first-order chi connectivity index (χ1) is 5.79. The topological polar surface area (TPSA) is 17.1 Å². The minimum absolute atomic E-state index is 0.179. The molecule has 12 heavy (non-hydrogen) atoms. The average Bonchev–Trinajstić information content (AvgIpc) is 2.16. The van der Waals surface area contributed by atoms with Crippen molar-refractivity contribution in [1.29, 1.82) is 0 Å². The summed E-state index contributed by atoms with van der Waals surface area (Å²) >= 11 is 4.95. The molecule has 1 aromatic rings. The fourth-order valence-corrected chi connectivity index (χ4v) is 2.16. The van der Waals surface area contributed by atoms with Crippen molar-refractivity contribution in [2.75, 3.05) is 6.26 Å². The van der Waals surface area contributed by atoms with Crippen LogP contribution in [0.4, 0.5) is 0 Å². The number of hydrogen-bond acceptors (Lipinski definition) is 2. The number of halogens is 1. The highest BCUT2D eigenvalue weighted by molar-refractivity contribution is 9.09. The Kier molecular flexibility index (Phi) is 3.82. The smallest absolute Gasteiger partial charge is 0.138 e. The van der Waals surface area contributed by atoms with Gasteiger partial charge >= 0.3 is 0 Å². The molecule has 0 heterocycles. The Morgan fingerprint density at radius 2 is 2.17 bits per heavy atom. The van der Waals surface area contributed by atoms with Crippen molar-refractivity contribution in [3.8, 4) is 0 Å². The van der Waals surface area contributed by atoms with Gasteiger partial charge in [-0.3, -0.25) is 0 Å². The molecule has 1 aromatic carbocycles. The number of aldehydes is 1. The van der Waals surface area contributed by atoms with Gasteiger partial charge in [-0.05, 0) is 17.9 Å². The van der Waals surface area contributed by atoms with E-state index in [1.807, 2.05) is 30.5 Å². The van der Waals surface area contributed by atoms with Crippen molar-refractivity contribution in [1.82, 2.24) is 0 Å². The first kappa shape index (κ1) is 9.81. The molecule has 64 valence electrons. The Hall–Kier alpha value is -0.280. The van der Waals surface area contributed by atoms with E-state index in [9.17, 15) is 4.79 Å². The van der Waals surface area contributed by atoms with Crippen LogP contribution in [-0.2, 0) is 4.79 Å². The zero-order chi connectivity index (χ0) is 8.97. The highest BCUT2D eigenvalue weighted by atomic mass is 79.9. The first-order valence-electron chi connectivity index (χ1n) is 3.52. The first-order valence-corrected chi connectivity index (χ1v) is 5.66. The Balaban J connectivity index is 3.04. The summed E-state index contributed by atoms with van der Waals surface area (Å²) in [6, 6.07) is 7.88. The molecule has 0 saturated heterocycles. The monoisotopic (exact) mass is 244 g/mol. The molecule has 3 heteroatoms. The van der Waals surface area contributed by atoms with Crippen LogP contribution in [0.25, 0.3) is 0 Å². The quantitative estimate of drug-likeness (QED) is 0.462. The second kappa shape index (κ2) is 4.67. The van der Waals surface area contributed by atoms with Crippen LogP contribution in [0.1, 0.15) is 10.4 Å². The Bertz CT molecular complexity index is 275. The van der Waals surface area contributed by atoms with E-state index >= 15 is 0 Å². The lowest BCUT2D eigenvalue weighted by atomic mass is 10.2. The van der Waals surface area contributed by atoms with Gasteiger partial charge in [0, 0.05) is 4.90 Å². The summed E-state index contributed by atoms with van der Waals surface area (Å²) in [5, 5.41) is 0. The predicted octanol–water partition coefficient (Wildman–Crippen LogP) is 3.04. The van der Waals surface area contributed by atoms with Crippen molar-refractivity contribution in [3.05, 3.63) is 29.8 Å². The van der Waals surface area contributed by atoms with E-state index in [1.54, 1.807) is 11.8 Å². The molecule has 1 nitrogen and oxygen atoms in total. The molecule has 0 amide bonds. The molecular formula is C9H9BrOS. The van der Waals surface area contributed by atoms with E-state index < -0.39 is 0 Å². The molecule has 1 unspecified atom stereocenters. The van der Waals surface area contributed by atoms with Crippen molar-refractivity contribution in [2.45, 2.75) is 9.72 Å². The summed E-state index contributed by atoms with van der Waals surface area (Å²) in [6.07, 6.45) is 2.90. The summed E-state index contributed by atoms with van der Waals surface area (Å²) in [5.74, 6) is 0. The Labute approximate surface area is 84.7 Å². The predicted molar refractivity (Wildman–Crippen MR) is 56.0 cm³/mol. The van der Waals surface area contributed by atoms with E-state index in [1.165, 1.54) is 0 Å². The number of carbonyl (C=O) groups excluding carboxylic acids is 1. The van der Waals surface area contributed by atoms with Gasteiger partial charge in [0.2, 0.25) is 0 Å². The molecule has 0 saturated carbocycles. The third kappa shape index (κ3) is 2.11. The molecule has 0 aliphatic rings. The number of hydrogen-bond donors (Lipinski definition) is 0. The minimum atomic E-state index is -0.179. The van der Waals surface area contributed by atoms with Gasteiger partial charge < -0.3 is 4.79 Å². The molecular weight excluding hydrogens is 236 g/mol. The number of carbonyl (C=O) groups is 1. The second-order valence-corrected chi connectivity index (χ2v) is 4.11. The van der Waals surface area contributed by atoms with Gasteiger partial charge in [0.1, 0.15) is 6.29 Å². The minimum Gasteiger partial charge on any atom is -0.302 e. The van der Waals surface area contributed by atoms with Crippen LogP contribution in [0.2, 0.25) is 0 Å². The third-order valence-electron chi connectivity index (χ3n) is 1.56. The third-order valence-corrected chi connectivity index (χ3v) is 3.08. The second-order valence-electron chi connectivity index (χ2n) is 2.28. The molecule has 0 N–H and O–H groups in total. The van der Waals surface area contributed by atoms with Crippen molar-refractivity contribution < 1.29 is 4.79 Å². The summed E-state index contributed by atoms with van der Waals surface area (Å²) in [4.78, 5) is 11.5. The van der Waals surface area contributed by atoms with Gasteiger partial charge in [-0.15, -0.1) is 11.8 Å². The van der Waals surface area contributed by atoms with Crippen LogP contribution in [0.3, 0.4) is 0 Å². The number of alkyl halides is 1. The van der Waals surface area contributed by atoms with Crippen LogP contribution >= 0.6 is 27.7 Å². The lowest BCUT2D eigenvalue weighted by Gasteiger charge is -2.07. The highest BCUT2D eigenvalue weighted by Crippen LogP contribution is 2.29. The van der Waals surface area contributed by atoms with E-state index in [2.05, 4.69) is 15.9 Å². The van der Waals surface area contributed by atoms with Gasteiger partial charge in [0.15, 0.2) is 0 Å². The van der Waals surface area contributed by atoms with Crippen molar-refractivity contribution in [3.63, 3.8) is 0 Å². The summed E-state index contributed by atoms with van der Waals surface area (Å²) in [6.45, 7) is 0. The van der Waals surface area contributed by atoms with Crippen LogP contribution in [0, 0.1) is 0 Å². The molecule has 0 bridgehead atoms. The van der Waals surface area contributed by atoms with E-state index in [0.717, 1.165) is 16.7 Å². The number of thioether (sulfide) groups is 1. The Morgan fingerprint density at radius 3 is 2.75 bits per heavy atom. The van der Waals surface area contributed by atoms with Gasteiger partial charge in [-0.1, -0.05) is 34.1 Å². The summed E-state index contributed by atoms with van der Waals surface area (Å²) in [5.41, 5.74) is 1.04. The van der Waals surface area contributed by atoms with E-state index in [4.69, 9.17) is 0 Å². The highest BCUT2D eigenvalue weighted by Gasteiger charge is 2.08. The number of rotatable bonds is 3. The molecule has 1 rings (SSSR count).